The van der Waals surface area contributed by atoms with Crippen LogP contribution >= 0.6 is 0 Å². The number of nitrogens with zero attached hydrogens (tertiary/aromatic N) is 1. The topological polar surface area (TPSA) is 33.1 Å². The van der Waals surface area contributed by atoms with Crippen molar-refractivity contribution < 1.29 is 5.11 Å². The third kappa shape index (κ3) is 2.27. The highest BCUT2D eigenvalue weighted by molar-refractivity contribution is 5.48. The number of aromatic nitrogens is 1. The van der Waals surface area contributed by atoms with Crippen LogP contribution in [0.4, 0.5) is 0 Å². The van der Waals surface area contributed by atoms with Gasteiger partial charge in [0.15, 0.2) is 0 Å². The van der Waals surface area contributed by atoms with E-state index in [1.54, 1.807) is 6.07 Å². The molecule has 2 atom stereocenters. The molecule has 1 aliphatic rings. The smallest absolute Gasteiger partial charge is 0.115 e. The van der Waals surface area contributed by atoms with Crippen LogP contribution in [0, 0.1) is 5.92 Å². The highest BCUT2D eigenvalue weighted by atomic mass is 16.3. The Morgan fingerprint density at radius 2 is 2.05 bits per heavy atom. The average molecular weight is 277 g/mol. The molecule has 2 heteroatoms. The van der Waals surface area contributed by atoms with Gasteiger partial charge < -0.3 is 5.11 Å². The van der Waals surface area contributed by atoms with Crippen LogP contribution < -0.4 is 0 Å². The van der Waals surface area contributed by atoms with Crippen LogP contribution in [-0.2, 0) is 5.41 Å². The van der Waals surface area contributed by atoms with Gasteiger partial charge in [-0.25, -0.2) is 0 Å². The van der Waals surface area contributed by atoms with Gasteiger partial charge in [-0.1, -0.05) is 49.4 Å². The van der Waals surface area contributed by atoms with Gasteiger partial charge in [0, 0.05) is 6.20 Å². The molecule has 0 bridgehead atoms. The van der Waals surface area contributed by atoms with Gasteiger partial charge in [-0.05, 0) is 42.2 Å². The third-order valence-electron chi connectivity index (χ3n) is 4.25. The second-order valence-corrected chi connectivity index (χ2v) is 5.39. The molecule has 21 heavy (non-hydrogen) atoms. The summed E-state index contributed by atoms with van der Waals surface area (Å²) in [5, 5.41) is 9.90. The van der Waals surface area contributed by atoms with E-state index in [2.05, 4.69) is 48.3 Å². The summed E-state index contributed by atoms with van der Waals surface area (Å²) in [7, 11) is 0. The number of phenolic OH excluding ortho intramolecular Hbond substituents is 1. The predicted octanol–water partition coefficient (Wildman–Crippen LogP) is 4.23. The summed E-state index contributed by atoms with van der Waals surface area (Å²) < 4.78 is 0. The largest absolute Gasteiger partial charge is 0.508 e. The van der Waals surface area contributed by atoms with E-state index in [4.69, 9.17) is 0 Å². The van der Waals surface area contributed by atoms with Crippen LogP contribution in [0.5, 0.6) is 5.75 Å². The average Bonchev–Trinajstić information content (AvgIpc) is 2.55. The molecular formula is C19H19NO. The Bertz CT molecular complexity index is 675. The number of rotatable bonds is 3. The predicted molar refractivity (Wildman–Crippen MR) is 85.2 cm³/mol. The zero-order valence-electron chi connectivity index (χ0n) is 12.1. The molecule has 0 fully saturated rings. The molecule has 2 nitrogen and oxygen atoms in total. The fourth-order valence-corrected chi connectivity index (χ4v) is 3.24. The molecule has 1 aliphatic carbocycles. The lowest BCUT2D eigenvalue weighted by atomic mass is 9.65. The van der Waals surface area contributed by atoms with Crippen LogP contribution in [0.15, 0.2) is 73.0 Å². The molecule has 1 aromatic carbocycles. The maximum Gasteiger partial charge on any atom is 0.115 e. The molecular weight excluding hydrogens is 258 g/mol. The van der Waals surface area contributed by atoms with Gasteiger partial charge in [0.05, 0.1) is 11.1 Å². The maximum atomic E-state index is 9.90. The van der Waals surface area contributed by atoms with Gasteiger partial charge >= 0.3 is 0 Å². The Kier molecular flexibility index (Phi) is 3.61. The number of allylic oxidation sites excluding steroid dienone is 4. The number of aromatic hydroxyl groups is 1. The van der Waals surface area contributed by atoms with Gasteiger partial charge in [0.1, 0.15) is 5.75 Å². The lowest BCUT2D eigenvalue weighted by Gasteiger charge is -2.38. The quantitative estimate of drug-likeness (QED) is 0.911. The first-order valence-corrected chi connectivity index (χ1v) is 7.34. The molecule has 0 saturated heterocycles. The fourth-order valence-electron chi connectivity index (χ4n) is 3.24. The highest BCUT2D eigenvalue weighted by Gasteiger charge is 2.40. The van der Waals surface area contributed by atoms with Crippen molar-refractivity contribution in [3.8, 4) is 5.75 Å². The Hall–Kier alpha value is -2.35. The summed E-state index contributed by atoms with van der Waals surface area (Å²) in [4.78, 5) is 4.61. The zero-order chi connectivity index (χ0) is 14.7. The first kappa shape index (κ1) is 13.6. The minimum absolute atomic E-state index is 0.292. The second-order valence-electron chi connectivity index (χ2n) is 5.39. The number of pyridine rings is 1. The summed E-state index contributed by atoms with van der Waals surface area (Å²) in [6.45, 7) is 2.19. The third-order valence-corrected chi connectivity index (χ3v) is 4.25. The Balaban J connectivity index is 2.25. The summed E-state index contributed by atoms with van der Waals surface area (Å²) in [6.07, 6.45) is 11.5. The normalized spacial score (nSPS) is 24.1. The molecule has 0 aliphatic heterocycles. The van der Waals surface area contributed by atoms with E-state index >= 15 is 0 Å². The van der Waals surface area contributed by atoms with E-state index in [-0.39, 0.29) is 5.41 Å². The number of hydrogen-bond acceptors (Lipinski definition) is 2. The van der Waals surface area contributed by atoms with E-state index in [1.165, 1.54) is 0 Å². The minimum atomic E-state index is -0.316. The van der Waals surface area contributed by atoms with Crippen molar-refractivity contribution in [1.82, 2.24) is 4.98 Å². The van der Waals surface area contributed by atoms with E-state index in [1.807, 2.05) is 30.5 Å². The van der Waals surface area contributed by atoms with Crippen LogP contribution in [-0.4, -0.2) is 10.1 Å². The second kappa shape index (κ2) is 5.57. The zero-order valence-corrected chi connectivity index (χ0v) is 12.1. The van der Waals surface area contributed by atoms with Gasteiger partial charge in [-0.3, -0.25) is 4.98 Å². The number of hydrogen-bond donors (Lipinski definition) is 1. The molecule has 0 radical (unpaired) electrons. The summed E-state index contributed by atoms with van der Waals surface area (Å²) in [6, 6.07) is 13.5. The first-order valence-electron chi connectivity index (χ1n) is 7.34. The van der Waals surface area contributed by atoms with Crippen molar-refractivity contribution >= 4 is 0 Å². The maximum absolute atomic E-state index is 9.90. The van der Waals surface area contributed by atoms with Crippen LogP contribution in [0.1, 0.15) is 24.6 Å². The van der Waals surface area contributed by atoms with Crippen molar-refractivity contribution in [3.05, 3.63) is 84.2 Å². The SMILES string of the molecule is CCC1C=CC=CC1(c1cccc(O)c1)c1ccccn1. The molecule has 1 heterocycles. The molecule has 106 valence electrons. The number of benzene rings is 1. The summed E-state index contributed by atoms with van der Waals surface area (Å²) in [5.74, 6) is 0.611. The van der Waals surface area contributed by atoms with Gasteiger partial charge in [0.2, 0.25) is 0 Å². The van der Waals surface area contributed by atoms with Gasteiger partial charge in [-0.2, -0.15) is 0 Å². The fraction of sp³-hybridized carbons (Fsp3) is 0.211. The molecule has 0 saturated carbocycles. The van der Waals surface area contributed by atoms with E-state index < -0.39 is 0 Å². The standard InChI is InChI=1S/C19H19NO/c1-2-15-8-3-5-12-19(15,18-11-4-6-13-20-18)16-9-7-10-17(21)14-16/h3-15,21H,2H2,1H3. The molecule has 0 spiro atoms. The van der Waals surface area contributed by atoms with Crippen molar-refractivity contribution in [3.63, 3.8) is 0 Å². The van der Waals surface area contributed by atoms with Crippen LogP contribution in [0.3, 0.4) is 0 Å². The van der Waals surface area contributed by atoms with Crippen molar-refractivity contribution in [1.29, 1.82) is 0 Å². The van der Waals surface area contributed by atoms with Gasteiger partial charge in [-0.15, -0.1) is 0 Å². The van der Waals surface area contributed by atoms with Crippen LogP contribution in [0.2, 0.25) is 0 Å². The molecule has 2 unspecified atom stereocenters. The van der Waals surface area contributed by atoms with Crippen molar-refractivity contribution in [2.24, 2.45) is 5.92 Å². The van der Waals surface area contributed by atoms with E-state index in [0.29, 0.717) is 11.7 Å². The molecule has 1 aromatic heterocycles. The Morgan fingerprint density at radius 3 is 2.76 bits per heavy atom. The Morgan fingerprint density at radius 1 is 1.14 bits per heavy atom. The molecule has 0 amide bonds. The van der Waals surface area contributed by atoms with E-state index in [9.17, 15) is 5.11 Å². The monoisotopic (exact) mass is 277 g/mol. The summed E-state index contributed by atoms with van der Waals surface area (Å²) in [5.41, 5.74) is 1.78. The number of phenols is 1. The summed E-state index contributed by atoms with van der Waals surface area (Å²) >= 11 is 0. The van der Waals surface area contributed by atoms with Crippen molar-refractivity contribution in [2.75, 3.05) is 0 Å². The molecule has 1 N–H and O–H groups in total. The van der Waals surface area contributed by atoms with Crippen LogP contribution in [0.25, 0.3) is 0 Å². The molecule has 3 rings (SSSR count). The Labute approximate surface area is 125 Å². The van der Waals surface area contributed by atoms with E-state index in [0.717, 1.165) is 17.7 Å². The molecule has 2 aromatic rings. The highest BCUT2D eigenvalue weighted by Crippen LogP contribution is 2.44. The lowest BCUT2D eigenvalue weighted by Crippen LogP contribution is -2.35. The first-order chi connectivity index (χ1) is 10.3. The van der Waals surface area contributed by atoms with Gasteiger partial charge in [0.25, 0.3) is 0 Å². The lowest BCUT2D eigenvalue weighted by molar-refractivity contribution is 0.428. The van der Waals surface area contributed by atoms with Crippen molar-refractivity contribution in [2.45, 2.75) is 18.8 Å². The minimum Gasteiger partial charge on any atom is -0.508 e.